The third kappa shape index (κ3) is 1.91. The Morgan fingerprint density at radius 1 is 1.18 bits per heavy atom. The Morgan fingerprint density at radius 3 is 2.35 bits per heavy atom. The van der Waals surface area contributed by atoms with Gasteiger partial charge in [-0.15, -0.1) is 0 Å². The normalized spacial score (nSPS) is 25.4. The van der Waals surface area contributed by atoms with Crippen molar-refractivity contribution in [2.45, 2.75) is 20.0 Å². The van der Waals surface area contributed by atoms with Gasteiger partial charge in [0.2, 0.25) is 0 Å². The van der Waals surface area contributed by atoms with Gasteiger partial charge in [0.1, 0.15) is 13.6 Å². The Kier molecular flexibility index (Phi) is 3.12. The second kappa shape index (κ2) is 4.42. The molecule has 0 aliphatic heterocycles. The van der Waals surface area contributed by atoms with Crippen LogP contribution in [-0.4, -0.2) is 24.2 Å². The molecule has 1 aromatic carbocycles. The average molecular weight is 226 g/mol. The third-order valence-electron chi connectivity index (χ3n) is 3.33. The SMILES string of the molecule is [B]C1=C(c2ccccc2)C(C)=C(O)C(C)C1O. The molecule has 2 rings (SSSR count). The summed E-state index contributed by atoms with van der Waals surface area (Å²) in [7, 11) is 5.98. The van der Waals surface area contributed by atoms with Crippen LogP contribution >= 0.6 is 0 Å². The lowest BCUT2D eigenvalue weighted by Crippen LogP contribution is -2.28. The van der Waals surface area contributed by atoms with Crippen LogP contribution in [0.4, 0.5) is 0 Å². The highest BCUT2D eigenvalue weighted by atomic mass is 16.3. The van der Waals surface area contributed by atoms with Crippen LogP contribution in [-0.2, 0) is 0 Å². The fourth-order valence-corrected chi connectivity index (χ4v) is 2.24. The van der Waals surface area contributed by atoms with E-state index in [0.717, 1.165) is 16.7 Å². The summed E-state index contributed by atoms with van der Waals surface area (Å²) in [5.41, 5.74) is 2.83. The standard InChI is InChI=1S/C14H15BO2/c1-8-11(10-6-4-3-5-7-10)12(15)14(17)9(2)13(8)16/h3-7,9,14,16-17H,1-2H3. The maximum absolute atomic E-state index is 10.00. The Bertz CT molecular complexity index is 488. The molecule has 0 bridgehead atoms. The van der Waals surface area contributed by atoms with Gasteiger partial charge in [-0.25, -0.2) is 0 Å². The molecule has 0 amide bonds. The third-order valence-corrected chi connectivity index (χ3v) is 3.33. The molecular weight excluding hydrogens is 211 g/mol. The van der Waals surface area contributed by atoms with Gasteiger partial charge in [-0.05, 0) is 23.6 Å². The van der Waals surface area contributed by atoms with Gasteiger partial charge in [0.15, 0.2) is 0 Å². The molecule has 2 radical (unpaired) electrons. The second-order valence-electron chi connectivity index (χ2n) is 4.44. The van der Waals surface area contributed by atoms with Gasteiger partial charge < -0.3 is 10.2 Å². The van der Waals surface area contributed by atoms with Crippen LogP contribution in [0, 0.1) is 5.92 Å². The highest BCUT2D eigenvalue weighted by Gasteiger charge is 2.29. The molecule has 2 unspecified atom stereocenters. The molecule has 0 spiro atoms. The van der Waals surface area contributed by atoms with Crippen LogP contribution in [0.2, 0.25) is 0 Å². The number of aliphatic hydroxyl groups excluding tert-OH is 2. The molecule has 86 valence electrons. The molecule has 1 aromatic rings. The minimum absolute atomic E-state index is 0.213. The van der Waals surface area contributed by atoms with Crippen molar-refractivity contribution in [1.82, 2.24) is 0 Å². The molecule has 2 nitrogen and oxygen atoms in total. The zero-order chi connectivity index (χ0) is 12.6. The fraction of sp³-hybridized carbons (Fsp3) is 0.286. The predicted molar refractivity (Wildman–Crippen MR) is 69.6 cm³/mol. The monoisotopic (exact) mass is 226 g/mol. The van der Waals surface area contributed by atoms with E-state index < -0.39 is 6.10 Å². The van der Waals surface area contributed by atoms with E-state index in [0.29, 0.717) is 5.47 Å². The van der Waals surface area contributed by atoms with Gasteiger partial charge in [-0.1, -0.05) is 42.7 Å². The summed E-state index contributed by atoms with van der Waals surface area (Å²) in [6, 6.07) is 9.57. The molecule has 0 saturated carbocycles. The number of rotatable bonds is 1. The summed E-state index contributed by atoms with van der Waals surface area (Å²) in [5.74, 6) is -0.131. The van der Waals surface area contributed by atoms with E-state index in [1.165, 1.54) is 0 Å². The van der Waals surface area contributed by atoms with Crippen LogP contribution in [0.25, 0.3) is 5.57 Å². The van der Waals surface area contributed by atoms with Crippen LogP contribution < -0.4 is 0 Å². The highest BCUT2D eigenvalue weighted by Crippen LogP contribution is 2.37. The van der Waals surface area contributed by atoms with Crippen molar-refractivity contribution in [3.8, 4) is 0 Å². The number of benzene rings is 1. The van der Waals surface area contributed by atoms with Crippen molar-refractivity contribution in [3.05, 3.63) is 52.7 Å². The van der Waals surface area contributed by atoms with E-state index in [9.17, 15) is 10.2 Å². The van der Waals surface area contributed by atoms with Gasteiger partial charge in [0.25, 0.3) is 0 Å². The van der Waals surface area contributed by atoms with Gasteiger partial charge in [-0.3, -0.25) is 0 Å². The zero-order valence-electron chi connectivity index (χ0n) is 10.0. The summed E-state index contributed by atoms with van der Waals surface area (Å²) < 4.78 is 0. The Morgan fingerprint density at radius 2 is 1.76 bits per heavy atom. The smallest absolute Gasteiger partial charge is 0.112 e. The highest BCUT2D eigenvalue weighted by molar-refractivity contribution is 6.27. The van der Waals surface area contributed by atoms with Crippen LogP contribution in [0.3, 0.4) is 0 Å². The molecule has 2 atom stereocenters. The zero-order valence-corrected chi connectivity index (χ0v) is 10.0. The van der Waals surface area contributed by atoms with E-state index in [1.54, 1.807) is 6.92 Å². The maximum Gasteiger partial charge on any atom is 0.112 e. The lowest BCUT2D eigenvalue weighted by atomic mass is 9.72. The molecule has 1 aliphatic carbocycles. The first-order chi connectivity index (χ1) is 8.04. The van der Waals surface area contributed by atoms with Crippen LogP contribution in [0.1, 0.15) is 19.4 Å². The quantitative estimate of drug-likeness (QED) is 0.722. The first kappa shape index (κ1) is 12.0. The van der Waals surface area contributed by atoms with Gasteiger partial charge in [0, 0.05) is 5.92 Å². The van der Waals surface area contributed by atoms with E-state index >= 15 is 0 Å². The minimum atomic E-state index is -0.825. The first-order valence-corrected chi connectivity index (χ1v) is 5.67. The molecule has 2 N–H and O–H groups in total. The molecule has 0 saturated heterocycles. The molecule has 1 aliphatic rings. The average Bonchev–Trinajstić information content (AvgIpc) is 2.36. The van der Waals surface area contributed by atoms with Crippen molar-refractivity contribution in [1.29, 1.82) is 0 Å². The number of hydrogen-bond donors (Lipinski definition) is 2. The van der Waals surface area contributed by atoms with Crippen LogP contribution in [0.15, 0.2) is 47.1 Å². The topological polar surface area (TPSA) is 40.5 Å². The number of allylic oxidation sites excluding steroid dienone is 2. The number of hydrogen-bond acceptors (Lipinski definition) is 2. The first-order valence-electron chi connectivity index (χ1n) is 5.67. The van der Waals surface area contributed by atoms with Gasteiger partial charge in [-0.2, -0.15) is 0 Å². The summed E-state index contributed by atoms with van der Waals surface area (Å²) >= 11 is 0. The van der Waals surface area contributed by atoms with Crippen molar-refractivity contribution in [3.63, 3.8) is 0 Å². The molecule has 3 heteroatoms. The predicted octanol–water partition coefficient (Wildman–Crippen LogP) is 2.41. The summed E-state index contributed by atoms with van der Waals surface area (Å²) in [4.78, 5) is 0. The molecular formula is C14H15BO2. The lowest BCUT2D eigenvalue weighted by Gasteiger charge is -2.30. The summed E-state index contributed by atoms with van der Waals surface area (Å²) in [5, 5.41) is 20.0. The van der Waals surface area contributed by atoms with Crippen molar-refractivity contribution in [2.75, 3.05) is 0 Å². The van der Waals surface area contributed by atoms with Gasteiger partial charge in [0.05, 0.1) is 6.10 Å². The second-order valence-corrected chi connectivity index (χ2v) is 4.44. The lowest BCUT2D eigenvalue weighted by molar-refractivity contribution is 0.143. The van der Waals surface area contributed by atoms with E-state index in [1.807, 2.05) is 37.3 Å². The van der Waals surface area contributed by atoms with Crippen molar-refractivity contribution in [2.24, 2.45) is 5.92 Å². The Balaban J connectivity index is 2.60. The summed E-state index contributed by atoms with van der Waals surface area (Å²) in [6.07, 6.45) is -0.825. The molecule has 0 heterocycles. The van der Waals surface area contributed by atoms with Crippen molar-refractivity contribution >= 4 is 13.4 Å². The largest absolute Gasteiger partial charge is 0.512 e. The minimum Gasteiger partial charge on any atom is -0.512 e. The van der Waals surface area contributed by atoms with Crippen LogP contribution in [0.5, 0.6) is 0 Å². The number of aliphatic hydroxyl groups is 2. The molecule has 17 heavy (non-hydrogen) atoms. The Hall–Kier alpha value is -1.48. The van der Waals surface area contributed by atoms with Crippen molar-refractivity contribution < 1.29 is 10.2 Å². The Labute approximate surface area is 103 Å². The molecule has 0 fully saturated rings. The maximum atomic E-state index is 10.00. The van der Waals surface area contributed by atoms with E-state index in [-0.39, 0.29) is 11.7 Å². The van der Waals surface area contributed by atoms with E-state index in [4.69, 9.17) is 7.85 Å². The van der Waals surface area contributed by atoms with Gasteiger partial charge >= 0.3 is 0 Å². The van der Waals surface area contributed by atoms with E-state index in [2.05, 4.69) is 0 Å². The molecule has 0 aromatic heterocycles. The fourth-order valence-electron chi connectivity index (χ4n) is 2.24. The summed E-state index contributed by atoms with van der Waals surface area (Å²) in [6.45, 7) is 3.59.